The molecular formula is C15H22ClN2O2+. The van der Waals surface area contributed by atoms with Crippen LogP contribution in [-0.4, -0.2) is 42.9 Å². The standard InChI is InChI=1S/C15H21ClN2O2/c16-11-4-5-12-13(10-11)15(20)18(14(12)19)9-8-17-6-2-1-3-7-17/h4,12-13H,1-3,5-10H2/p+1/t12-,13+/m1/s1. The second kappa shape index (κ2) is 5.86. The zero-order valence-corrected chi connectivity index (χ0v) is 12.5. The highest BCUT2D eigenvalue weighted by atomic mass is 35.5. The molecule has 0 aromatic carbocycles. The Balaban J connectivity index is 1.60. The van der Waals surface area contributed by atoms with Crippen molar-refractivity contribution in [2.45, 2.75) is 32.1 Å². The first-order valence-electron chi connectivity index (χ1n) is 7.70. The maximum absolute atomic E-state index is 12.4. The van der Waals surface area contributed by atoms with Gasteiger partial charge in [-0.25, -0.2) is 0 Å². The molecule has 110 valence electrons. The summed E-state index contributed by atoms with van der Waals surface area (Å²) in [6.45, 7) is 3.84. The van der Waals surface area contributed by atoms with Crippen LogP contribution in [0.2, 0.25) is 0 Å². The molecular weight excluding hydrogens is 276 g/mol. The van der Waals surface area contributed by atoms with E-state index in [2.05, 4.69) is 0 Å². The number of rotatable bonds is 3. The minimum absolute atomic E-state index is 0.00246. The van der Waals surface area contributed by atoms with Crippen LogP contribution in [0, 0.1) is 11.8 Å². The Morgan fingerprint density at radius 1 is 1.15 bits per heavy atom. The molecule has 20 heavy (non-hydrogen) atoms. The highest BCUT2D eigenvalue weighted by Gasteiger charge is 2.48. The lowest BCUT2D eigenvalue weighted by molar-refractivity contribution is -0.904. The summed E-state index contributed by atoms with van der Waals surface area (Å²) in [4.78, 5) is 27.8. The fraction of sp³-hybridized carbons (Fsp3) is 0.733. The number of nitrogens with one attached hydrogen (secondary N) is 1. The molecule has 0 saturated carbocycles. The van der Waals surface area contributed by atoms with Crippen molar-refractivity contribution in [2.24, 2.45) is 11.8 Å². The molecule has 0 spiro atoms. The number of amides is 2. The van der Waals surface area contributed by atoms with Crippen LogP contribution in [0.3, 0.4) is 0 Å². The molecule has 0 aromatic rings. The highest BCUT2D eigenvalue weighted by Crippen LogP contribution is 2.38. The smallest absolute Gasteiger partial charge is 0.233 e. The number of nitrogens with zero attached hydrogens (tertiary/aromatic N) is 1. The number of hydrogen-bond acceptors (Lipinski definition) is 2. The summed E-state index contributed by atoms with van der Waals surface area (Å²) in [5.41, 5.74) is 0. The maximum Gasteiger partial charge on any atom is 0.233 e. The van der Waals surface area contributed by atoms with Gasteiger partial charge in [-0.15, -0.1) is 0 Å². The Kier molecular flexibility index (Phi) is 4.13. The molecule has 2 heterocycles. The van der Waals surface area contributed by atoms with Crippen molar-refractivity contribution in [3.05, 3.63) is 11.1 Å². The summed E-state index contributed by atoms with van der Waals surface area (Å²) in [6.07, 6.45) is 6.92. The maximum atomic E-state index is 12.4. The average Bonchev–Trinajstić information content (AvgIpc) is 2.70. The van der Waals surface area contributed by atoms with Gasteiger partial charge < -0.3 is 4.90 Å². The summed E-state index contributed by atoms with van der Waals surface area (Å²) in [5.74, 6) is -0.322. The summed E-state index contributed by atoms with van der Waals surface area (Å²) >= 11 is 6.02. The van der Waals surface area contributed by atoms with E-state index in [1.54, 1.807) is 0 Å². The van der Waals surface area contributed by atoms with Crippen LogP contribution < -0.4 is 4.90 Å². The summed E-state index contributed by atoms with van der Waals surface area (Å²) in [7, 11) is 0. The third-order valence-electron chi connectivity index (χ3n) is 4.91. The molecule has 5 heteroatoms. The first kappa shape index (κ1) is 14.1. The first-order chi connectivity index (χ1) is 9.66. The Labute approximate surface area is 124 Å². The molecule has 2 atom stereocenters. The molecule has 3 rings (SSSR count). The fourth-order valence-corrected chi connectivity index (χ4v) is 3.94. The molecule has 1 N–H and O–H groups in total. The number of quaternary nitrogens is 1. The van der Waals surface area contributed by atoms with E-state index in [4.69, 9.17) is 11.6 Å². The molecule has 1 aliphatic carbocycles. The van der Waals surface area contributed by atoms with E-state index in [9.17, 15) is 9.59 Å². The number of likely N-dealkylation sites (tertiary alicyclic amines) is 2. The van der Waals surface area contributed by atoms with Crippen molar-refractivity contribution in [2.75, 3.05) is 26.2 Å². The van der Waals surface area contributed by atoms with Crippen molar-refractivity contribution in [1.82, 2.24) is 4.90 Å². The second-order valence-electron chi connectivity index (χ2n) is 6.19. The van der Waals surface area contributed by atoms with Crippen LogP contribution in [0.4, 0.5) is 0 Å². The number of piperidine rings is 1. The van der Waals surface area contributed by atoms with Crippen molar-refractivity contribution in [3.8, 4) is 0 Å². The largest absolute Gasteiger partial charge is 0.333 e. The molecule has 0 bridgehead atoms. The topological polar surface area (TPSA) is 41.8 Å². The third kappa shape index (κ3) is 2.63. The summed E-state index contributed by atoms with van der Waals surface area (Å²) in [6, 6.07) is 0. The minimum Gasteiger partial charge on any atom is -0.333 e. The lowest BCUT2D eigenvalue weighted by atomic mass is 9.85. The highest BCUT2D eigenvalue weighted by molar-refractivity contribution is 6.30. The van der Waals surface area contributed by atoms with Gasteiger partial charge in [-0.05, 0) is 32.1 Å². The summed E-state index contributed by atoms with van der Waals surface area (Å²) < 4.78 is 0. The van der Waals surface area contributed by atoms with Gasteiger partial charge in [-0.3, -0.25) is 14.5 Å². The Hall–Kier alpha value is -0.870. The third-order valence-corrected chi connectivity index (χ3v) is 5.22. The molecule has 2 fully saturated rings. The normalized spacial score (nSPS) is 31.4. The van der Waals surface area contributed by atoms with Crippen molar-refractivity contribution in [3.63, 3.8) is 0 Å². The Morgan fingerprint density at radius 2 is 1.85 bits per heavy atom. The molecule has 0 aromatic heterocycles. The van der Waals surface area contributed by atoms with Gasteiger partial charge in [0.2, 0.25) is 11.8 Å². The van der Waals surface area contributed by atoms with Crippen molar-refractivity contribution < 1.29 is 14.5 Å². The molecule has 3 aliphatic rings. The van der Waals surface area contributed by atoms with Crippen molar-refractivity contribution in [1.29, 1.82) is 0 Å². The van der Waals surface area contributed by atoms with Crippen molar-refractivity contribution >= 4 is 23.4 Å². The van der Waals surface area contributed by atoms with E-state index >= 15 is 0 Å². The van der Waals surface area contributed by atoms with E-state index in [-0.39, 0.29) is 23.7 Å². The number of halogens is 1. The SMILES string of the molecule is O=C1[C@H]2CC(Cl)=CC[C@H]2C(=O)N1CC[NH+]1CCCCC1. The fourth-order valence-electron chi connectivity index (χ4n) is 3.69. The van der Waals surface area contributed by atoms with Crippen LogP contribution in [0.25, 0.3) is 0 Å². The predicted octanol–water partition coefficient (Wildman–Crippen LogP) is 0.573. The van der Waals surface area contributed by atoms with E-state index in [0.29, 0.717) is 19.4 Å². The molecule has 2 saturated heterocycles. The molecule has 0 unspecified atom stereocenters. The summed E-state index contributed by atoms with van der Waals surface area (Å²) in [5, 5.41) is 0.732. The lowest BCUT2D eigenvalue weighted by Gasteiger charge is -2.25. The van der Waals surface area contributed by atoms with E-state index in [1.807, 2.05) is 6.08 Å². The second-order valence-corrected chi connectivity index (χ2v) is 6.68. The number of hydrogen-bond donors (Lipinski definition) is 1. The van der Waals surface area contributed by atoms with Crippen LogP contribution in [0.1, 0.15) is 32.1 Å². The first-order valence-corrected chi connectivity index (χ1v) is 8.08. The Morgan fingerprint density at radius 3 is 2.60 bits per heavy atom. The Bertz CT molecular complexity index is 443. The number of fused-ring (bicyclic) bond motifs is 1. The van der Waals surface area contributed by atoms with Gasteiger partial charge in [0.1, 0.15) is 0 Å². The van der Waals surface area contributed by atoms with Crippen LogP contribution in [0.5, 0.6) is 0 Å². The monoisotopic (exact) mass is 297 g/mol. The van der Waals surface area contributed by atoms with Gasteiger partial charge >= 0.3 is 0 Å². The van der Waals surface area contributed by atoms with Crippen LogP contribution in [-0.2, 0) is 9.59 Å². The van der Waals surface area contributed by atoms with Gasteiger partial charge in [-0.1, -0.05) is 17.7 Å². The molecule has 4 nitrogen and oxygen atoms in total. The predicted molar refractivity (Wildman–Crippen MR) is 76.3 cm³/mol. The molecule has 2 amide bonds. The molecule has 0 radical (unpaired) electrons. The lowest BCUT2D eigenvalue weighted by Crippen LogP contribution is -3.13. The van der Waals surface area contributed by atoms with Gasteiger partial charge in [0.15, 0.2) is 0 Å². The van der Waals surface area contributed by atoms with Gasteiger partial charge in [0.25, 0.3) is 0 Å². The van der Waals surface area contributed by atoms with Gasteiger partial charge in [-0.2, -0.15) is 0 Å². The van der Waals surface area contributed by atoms with Crippen LogP contribution in [0.15, 0.2) is 11.1 Å². The zero-order valence-electron chi connectivity index (χ0n) is 11.7. The number of carbonyl (C=O) groups excluding carboxylic acids is 2. The molecule has 2 aliphatic heterocycles. The van der Waals surface area contributed by atoms with Crippen LogP contribution >= 0.6 is 11.6 Å². The number of allylic oxidation sites excluding steroid dienone is 2. The number of imide groups is 1. The van der Waals surface area contributed by atoms with E-state index in [0.717, 1.165) is 11.6 Å². The van der Waals surface area contributed by atoms with Gasteiger partial charge in [0, 0.05) is 5.03 Å². The minimum atomic E-state index is -0.198. The van der Waals surface area contributed by atoms with E-state index < -0.39 is 0 Å². The average molecular weight is 298 g/mol. The zero-order chi connectivity index (χ0) is 14.1. The van der Waals surface area contributed by atoms with E-state index in [1.165, 1.54) is 42.2 Å². The number of carbonyl (C=O) groups is 2. The van der Waals surface area contributed by atoms with Gasteiger partial charge in [0.05, 0.1) is 38.0 Å². The quantitative estimate of drug-likeness (QED) is 0.774.